The molecule has 2 saturated heterocycles. The molecule has 0 amide bonds. The molecule has 2 aromatic heterocycles. The average Bonchev–Trinajstić information content (AvgIpc) is 3.10. The minimum absolute atomic E-state index is 0.340. The number of halogens is 1. The lowest BCUT2D eigenvalue weighted by atomic mass is 9.82. The second-order valence-corrected chi connectivity index (χ2v) is 9.11. The number of nitrogens with zero attached hydrogens (tertiary/aromatic N) is 4. The largest absolute Gasteiger partial charge is 0.378 e. The third-order valence-corrected chi connectivity index (χ3v) is 7.54. The Morgan fingerprint density at radius 1 is 1.15 bits per heavy atom. The van der Waals surface area contributed by atoms with Gasteiger partial charge < -0.3 is 9.64 Å². The van der Waals surface area contributed by atoms with Gasteiger partial charge in [-0.15, -0.1) is 11.3 Å². The quantitative estimate of drug-likeness (QED) is 0.669. The summed E-state index contributed by atoms with van der Waals surface area (Å²) in [7, 11) is 0. The number of anilines is 1. The highest BCUT2D eigenvalue weighted by Gasteiger charge is 2.35. The Hall–Kier alpha value is -0.950. The van der Waals surface area contributed by atoms with Crippen LogP contribution in [0, 0.1) is 0 Å². The Labute approximate surface area is 170 Å². The summed E-state index contributed by atoms with van der Waals surface area (Å²) in [5, 5.41) is 1.48. The molecule has 2 aliphatic rings. The highest BCUT2D eigenvalue weighted by atomic mass is 35.5. The normalized spacial score (nSPS) is 21.1. The zero-order valence-corrected chi connectivity index (χ0v) is 17.9. The number of ether oxygens (including phenoxy) is 1. The molecule has 7 heteroatoms. The fourth-order valence-corrected chi connectivity index (χ4v) is 5.92. The summed E-state index contributed by atoms with van der Waals surface area (Å²) in [5.41, 5.74) is 0.352. The molecule has 0 radical (unpaired) electrons. The molecule has 4 rings (SSSR count). The number of hydrogen-bond acceptors (Lipinski definition) is 6. The van der Waals surface area contributed by atoms with Crippen molar-refractivity contribution in [3.05, 3.63) is 16.2 Å². The van der Waals surface area contributed by atoms with Crippen molar-refractivity contribution < 1.29 is 4.74 Å². The number of hydrogen-bond donors (Lipinski definition) is 0. The van der Waals surface area contributed by atoms with Crippen LogP contribution in [-0.2, 0) is 11.3 Å². The van der Waals surface area contributed by atoms with Crippen LogP contribution < -0.4 is 4.90 Å². The van der Waals surface area contributed by atoms with Crippen molar-refractivity contribution in [1.29, 1.82) is 0 Å². The Morgan fingerprint density at radius 3 is 2.67 bits per heavy atom. The van der Waals surface area contributed by atoms with E-state index in [2.05, 4.69) is 39.7 Å². The van der Waals surface area contributed by atoms with Crippen LogP contribution in [0.25, 0.3) is 10.2 Å². The maximum atomic E-state index is 6.25. The van der Waals surface area contributed by atoms with Gasteiger partial charge in [-0.25, -0.2) is 4.98 Å². The van der Waals surface area contributed by atoms with Gasteiger partial charge >= 0.3 is 0 Å². The topological polar surface area (TPSA) is 41.5 Å². The lowest BCUT2D eigenvalue weighted by Crippen LogP contribution is -2.50. The van der Waals surface area contributed by atoms with Crippen molar-refractivity contribution in [1.82, 2.24) is 14.9 Å². The summed E-state index contributed by atoms with van der Waals surface area (Å²) in [4.78, 5) is 16.4. The van der Waals surface area contributed by atoms with E-state index in [1.54, 1.807) is 11.3 Å². The van der Waals surface area contributed by atoms with Gasteiger partial charge in [0.1, 0.15) is 10.6 Å². The lowest BCUT2D eigenvalue weighted by Gasteiger charge is -2.46. The second-order valence-electron chi connectivity index (χ2n) is 7.66. The molecule has 0 spiro atoms. The van der Waals surface area contributed by atoms with Crippen LogP contribution in [0.5, 0.6) is 0 Å². The van der Waals surface area contributed by atoms with Gasteiger partial charge in [-0.3, -0.25) is 4.90 Å². The number of thiophene rings is 1. The van der Waals surface area contributed by atoms with Crippen LogP contribution in [0.3, 0.4) is 0 Å². The standard InChI is InChI=1S/C20H29ClN4OS/c1-3-20(4-2)7-5-6-8-25(20)14-15-13-16-17(24-9-11-26-12-10-24)22-19(21)23-18(16)27-15/h13H,3-12,14H2,1-2H3. The van der Waals surface area contributed by atoms with Crippen LogP contribution in [0.1, 0.15) is 50.8 Å². The van der Waals surface area contributed by atoms with E-state index in [0.717, 1.165) is 48.9 Å². The van der Waals surface area contributed by atoms with Crippen LogP contribution in [0.15, 0.2) is 6.07 Å². The van der Waals surface area contributed by atoms with E-state index in [0.29, 0.717) is 10.8 Å². The first-order chi connectivity index (χ1) is 13.1. The smallest absolute Gasteiger partial charge is 0.225 e. The molecule has 2 aliphatic heterocycles. The number of aromatic nitrogens is 2. The molecule has 0 aliphatic carbocycles. The molecule has 0 aromatic carbocycles. The SMILES string of the molecule is CCC1(CC)CCCCN1Cc1cc2c(N3CCOCC3)nc(Cl)nc2s1. The van der Waals surface area contributed by atoms with Crippen LogP contribution in [-0.4, -0.2) is 53.3 Å². The molecule has 5 nitrogen and oxygen atoms in total. The first kappa shape index (κ1) is 19.4. The van der Waals surface area contributed by atoms with Gasteiger partial charge in [-0.1, -0.05) is 20.3 Å². The second kappa shape index (κ2) is 8.19. The Morgan fingerprint density at radius 2 is 1.93 bits per heavy atom. The molecule has 0 saturated carbocycles. The van der Waals surface area contributed by atoms with Gasteiger partial charge in [0.05, 0.1) is 18.6 Å². The molecule has 0 atom stereocenters. The maximum absolute atomic E-state index is 6.25. The summed E-state index contributed by atoms with van der Waals surface area (Å²) < 4.78 is 5.49. The van der Waals surface area contributed by atoms with Crippen molar-refractivity contribution in [2.24, 2.45) is 0 Å². The summed E-state index contributed by atoms with van der Waals surface area (Å²) in [6.07, 6.45) is 6.41. The first-order valence-electron chi connectivity index (χ1n) is 10.2. The number of fused-ring (bicyclic) bond motifs is 1. The zero-order valence-electron chi connectivity index (χ0n) is 16.3. The van der Waals surface area contributed by atoms with E-state index in [9.17, 15) is 0 Å². The number of likely N-dealkylation sites (tertiary alicyclic amines) is 1. The third-order valence-electron chi connectivity index (χ3n) is 6.36. The third kappa shape index (κ3) is 3.82. The number of morpholine rings is 1. The summed E-state index contributed by atoms with van der Waals surface area (Å²) in [6, 6.07) is 2.30. The van der Waals surface area contributed by atoms with Gasteiger partial charge in [0, 0.05) is 30.1 Å². The molecule has 4 heterocycles. The minimum atomic E-state index is 0.340. The van der Waals surface area contributed by atoms with Crippen molar-refractivity contribution in [2.45, 2.75) is 58.0 Å². The van der Waals surface area contributed by atoms with E-state index < -0.39 is 0 Å². The van der Waals surface area contributed by atoms with Crippen LogP contribution >= 0.6 is 22.9 Å². The summed E-state index contributed by atoms with van der Waals surface area (Å²) >= 11 is 8.02. The molecule has 0 bridgehead atoms. The van der Waals surface area contributed by atoms with Crippen molar-refractivity contribution in [2.75, 3.05) is 37.7 Å². The Kier molecular flexibility index (Phi) is 5.88. The minimum Gasteiger partial charge on any atom is -0.378 e. The molecular formula is C20H29ClN4OS. The predicted molar refractivity (Wildman–Crippen MR) is 113 cm³/mol. The molecular weight excluding hydrogens is 380 g/mol. The van der Waals surface area contributed by atoms with E-state index in [4.69, 9.17) is 16.3 Å². The summed E-state index contributed by atoms with van der Waals surface area (Å²) in [6.45, 7) is 10.1. The first-order valence-corrected chi connectivity index (χ1v) is 11.4. The van der Waals surface area contributed by atoms with Gasteiger partial charge in [-0.2, -0.15) is 4.98 Å². The fraction of sp³-hybridized carbons (Fsp3) is 0.700. The predicted octanol–water partition coefficient (Wildman–Crippen LogP) is 4.73. The van der Waals surface area contributed by atoms with Crippen molar-refractivity contribution >= 4 is 39.0 Å². The van der Waals surface area contributed by atoms with Gasteiger partial charge in [0.15, 0.2) is 0 Å². The maximum Gasteiger partial charge on any atom is 0.225 e. The number of rotatable bonds is 5. The molecule has 148 valence electrons. The fourth-order valence-electron chi connectivity index (χ4n) is 4.66. The highest BCUT2D eigenvalue weighted by Crippen LogP contribution is 2.38. The summed E-state index contributed by atoms with van der Waals surface area (Å²) in [5.74, 6) is 0.965. The van der Waals surface area contributed by atoms with E-state index in [-0.39, 0.29) is 0 Å². The van der Waals surface area contributed by atoms with E-state index in [1.165, 1.54) is 43.5 Å². The zero-order chi connectivity index (χ0) is 18.9. The molecule has 27 heavy (non-hydrogen) atoms. The van der Waals surface area contributed by atoms with Gasteiger partial charge in [0.2, 0.25) is 5.28 Å². The van der Waals surface area contributed by atoms with Gasteiger partial charge in [-0.05, 0) is 49.9 Å². The van der Waals surface area contributed by atoms with Crippen LogP contribution in [0.2, 0.25) is 5.28 Å². The highest BCUT2D eigenvalue weighted by molar-refractivity contribution is 7.18. The van der Waals surface area contributed by atoms with Crippen LogP contribution in [0.4, 0.5) is 5.82 Å². The Balaban J connectivity index is 1.65. The van der Waals surface area contributed by atoms with Gasteiger partial charge in [0.25, 0.3) is 0 Å². The molecule has 0 unspecified atom stereocenters. The Bertz CT molecular complexity index is 786. The molecule has 2 fully saturated rings. The molecule has 2 aromatic rings. The van der Waals surface area contributed by atoms with E-state index >= 15 is 0 Å². The monoisotopic (exact) mass is 408 g/mol. The van der Waals surface area contributed by atoms with Crippen molar-refractivity contribution in [3.63, 3.8) is 0 Å². The molecule has 0 N–H and O–H groups in total. The number of piperidine rings is 1. The lowest BCUT2D eigenvalue weighted by molar-refractivity contribution is 0.0324. The van der Waals surface area contributed by atoms with Crippen molar-refractivity contribution in [3.8, 4) is 0 Å². The average molecular weight is 409 g/mol. The van der Waals surface area contributed by atoms with E-state index in [1.807, 2.05) is 0 Å².